The van der Waals surface area contributed by atoms with E-state index in [0.717, 1.165) is 24.4 Å². The molecule has 0 fully saturated rings. The van der Waals surface area contributed by atoms with Crippen LogP contribution in [0.15, 0.2) is 48.5 Å². The van der Waals surface area contributed by atoms with E-state index in [1.54, 1.807) is 0 Å². The standard InChI is InChI=1S/C18H22N2O/c19-14-15-7-9-17(10-8-15)21-13-12-20-11-3-5-16-4-1-2-6-18(16)20/h1-2,4,6-10H,3,5,11-14,19H2. The van der Waals surface area contributed by atoms with E-state index >= 15 is 0 Å². The summed E-state index contributed by atoms with van der Waals surface area (Å²) >= 11 is 0. The molecule has 1 aliphatic heterocycles. The van der Waals surface area contributed by atoms with Crippen molar-refractivity contribution in [3.63, 3.8) is 0 Å². The Hall–Kier alpha value is -2.00. The fourth-order valence-electron chi connectivity index (χ4n) is 2.84. The van der Waals surface area contributed by atoms with Gasteiger partial charge in [-0.05, 0) is 42.2 Å². The highest BCUT2D eigenvalue weighted by Crippen LogP contribution is 2.26. The van der Waals surface area contributed by atoms with Gasteiger partial charge in [0.05, 0.1) is 6.54 Å². The van der Waals surface area contributed by atoms with Gasteiger partial charge in [-0.3, -0.25) is 0 Å². The molecule has 0 aliphatic carbocycles. The molecular formula is C18H22N2O. The van der Waals surface area contributed by atoms with E-state index in [1.807, 2.05) is 24.3 Å². The number of aryl methyl sites for hydroxylation is 1. The molecule has 1 heterocycles. The number of hydrogen-bond donors (Lipinski definition) is 1. The number of fused-ring (bicyclic) bond motifs is 1. The molecule has 0 saturated heterocycles. The number of anilines is 1. The largest absolute Gasteiger partial charge is 0.492 e. The van der Waals surface area contributed by atoms with Crippen molar-refractivity contribution in [1.82, 2.24) is 0 Å². The Morgan fingerprint density at radius 2 is 1.86 bits per heavy atom. The summed E-state index contributed by atoms with van der Waals surface area (Å²) in [4.78, 5) is 2.42. The summed E-state index contributed by atoms with van der Waals surface area (Å²) < 4.78 is 5.84. The van der Waals surface area contributed by atoms with Crippen molar-refractivity contribution < 1.29 is 4.74 Å². The lowest BCUT2D eigenvalue weighted by Gasteiger charge is -2.31. The Balaban J connectivity index is 1.56. The molecule has 0 saturated carbocycles. The molecule has 0 amide bonds. The number of benzene rings is 2. The second-order valence-electron chi connectivity index (χ2n) is 5.42. The van der Waals surface area contributed by atoms with Gasteiger partial charge in [-0.1, -0.05) is 30.3 Å². The maximum Gasteiger partial charge on any atom is 0.119 e. The normalized spacial score (nSPS) is 13.9. The summed E-state index contributed by atoms with van der Waals surface area (Å²) in [6, 6.07) is 16.7. The van der Waals surface area contributed by atoms with Crippen LogP contribution >= 0.6 is 0 Å². The fraction of sp³-hybridized carbons (Fsp3) is 0.333. The van der Waals surface area contributed by atoms with Crippen molar-refractivity contribution in [2.45, 2.75) is 19.4 Å². The molecule has 3 rings (SSSR count). The monoisotopic (exact) mass is 282 g/mol. The first-order valence-electron chi connectivity index (χ1n) is 7.61. The molecule has 3 heteroatoms. The molecule has 110 valence electrons. The molecule has 0 unspecified atom stereocenters. The molecular weight excluding hydrogens is 260 g/mol. The SMILES string of the molecule is NCc1ccc(OCCN2CCCc3ccccc32)cc1. The molecule has 0 atom stereocenters. The highest BCUT2D eigenvalue weighted by Gasteiger charge is 2.15. The summed E-state index contributed by atoms with van der Waals surface area (Å²) in [6.45, 7) is 3.32. The number of rotatable bonds is 5. The average Bonchev–Trinajstić information content (AvgIpc) is 2.56. The molecule has 2 N–H and O–H groups in total. The van der Waals surface area contributed by atoms with Gasteiger partial charge < -0.3 is 15.4 Å². The zero-order valence-corrected chi connectivity index (χ0v) is 12.3. The van der Waals surface area contributed by atoms with Gasteiger partial charge in [0.2, 0.25) is 0 Å². The predicted molar refractivity (Wildman–Crippen MR) is 86.8 cm³/mol. The van der Waals surface area contributed by atoms with Crippen LogP contribution in [0, 0.1) is 0 Å². The lowest BCUT2D eigenvalue weighted by atomic mass is 10.0. The number of nitrogens with zero attached hydrogens (tertiary/aromatic N) is 1. The van der Waals surface area contributed by atoms with Gasteiger partial charge in [0.1, 0.15) is 12.4 Å². The van der Waals surface area contributed by atoms with Crippen LogP contribution in [0.1, 0.15) is 17.5 Å². The summed E-state index contributed by atoms with van der Waals surface area (Å²) in [5.41, 5.74) is 9.55. The minimum Gasteiger partial charge on any atom is -0.492 e. The van der Waals surface area contributed by atoms with Crippen LogP contribution in [-0.4, -0.2) is 19.7 Å². The molecule has 2 aromatic carbocycles. The Morgan fingerprint density at radius 3 is 2.67 bits per heavy atom. The van der Waals surface area contributed by atoms with Crippen LogP contribution in [0.25, 0.3) is 0 Å². The lowest BCUT2D eigenvalue weighted by Crippen LogP contribution is -2.33. The highest BCUT2D eigenvalue weighted by molar-refractivity contribution is 5.55. The van der Waals surface area contributed by atoms with E-state index in [4.69, 9.17) is 10.5 Å². The van der Waals surface area contributed by atoms with Crippen LogP contribution in [0.4, 0.5) is 5.69 Å². The Labute approximate surface area is 126 Å². The zero-order chi connectivity index (χ0) is 14.5. The summed E-state index contributed by atoms with van der Waals surface area (Å²) in [5.74, 6) is 0.914. The third kappa shape index (κ3) is 3.37. The second-order valence-corrected chi connectivity index (χ2v) is 5.42. The van der Waals surface area contributed by atoms with Crippen molar-refractivity contribution >= 4 is 5.69 Å². The minimum atomic E-state index is 0.574. The van der Waals surface area contributed by atoms with Crippen molar-refractivity contribution in [3.05, 3.63) is 59.7 Å². The van der Waals surface area contributed by atoms with E-state index < -0.39 is 0 Å². The van der Waals surface area contributed by atoms with Crippen LogP contribution in [0.3, 0.4) is 0 Å². The average molecular weight is 282 g/mol. The number of para-hydroxylation sites is 1. The van der Waals surface area contributed by atoms with E-state index in [1.165, 1.54) is 24.1 Å². The third-order valence-electron chi connectivity index (χ3n) is 4.00. The van der Waals surface area contributed by atoms with E-state index in [2.05, 4.69) is 29.2 Å². The fourth-order valence-corrected chi connectivity index (χ4v) is 2.84. The molecule has 2 aromatic rings. The molecule has 21 heavy (non-hydrogen) atoms. The molecule has 0 aromatic heterocycles. The molecule has 3 nitrogen and oxygen atoms in total. The smallest absolute Gasteiger partial charge is 0.119 e. The Morgan fingerprint density at radius 1 is 1.05 bits per heavy atom. The second kappa shape index (κ2) is 6.64. The van der Waals surface area contributed by atoms with Gasteiger partial charge in [0.25, 0.3) is 0 Å². The molecule has 1 aliphatic rings. The van der Waals surface area contributed by atoms with Crippen LogP contribution in [0.5, 0.6) is 5.75 Å². The first kappa shape index (κ1) is 14.0. The van der Waals surface area contributed by atoms with Gasteiger partial charge in [0, 0.05) is 18.8 Å². The number of ether oxygens (including phenoxy) is 1. The van der Waals surface area contributed by atoms with E-state index in [-0.39, 0.29) is 0 Å². The van der Waals surface area contributed by atoms with E-state index in [9.17, 15) is 0 Å². The summed E-state index contributed by atoms with van der Waals surface area (Å²) in [5, 5.41) is 0. The van der Waals surface area contributed by atoms with Crippen molar-refractivity contribution in [2.75, 3.05) is 24.6 Å². The minimum absolute atomic E-state index is 0.574. The van der Waals surface area contributed by atoms with Crippen LogP contribution in [0.2, 0.25) is 0 Å². The first-order chi connectivity index (χ1) is 10.4. The molecule has 0 spiro atoms. The van der Waals surface area contributed by atoms with Gasteiger partial charge >= 0.3 is 0 Å². The first-order valence-corrected chi connectivity index (χ1v) is 7.61. The topological polar surface area (TPSA) is 38.5 Å². The van der Waals surface area contributed by atoms with Gasteiger partial charge in [0.15, 0.2) is 0 Å². The van der Waals surface area contributed by atoms with Crippen molar-refractivity contribution in [1.29, 1.82) is 0 Å². The van der Waals surface area contributed by atoms with Gasteiger partial charge in [-0.25, -0.2) is 0 Å². The van der Waals surface area contributed by atoms with Gasteiger partial charge in [-0.2, -0.15) is 0 Å². The maximum atomic E-state index is 5.84. The van der Waals surface area contributed by atoms with Crippen LogP contribution < -0.4 is 15.4 Å². The molecule has 0 radical (unpaired) electrons. The Bertz CT molecular complexity index is 580. The summed E-state index contributed by atoms with van der Waals surface area (Å²) in [7, 11) is 0. The Kier molecular flexibility index (Phi) is 4.41. The van der Waals surface area contributed by atoms with Crippen molar-refractivity contribution in [3.8, 4) is 5.75 Å². The summed E-state index contributed by atoms with van der Waals surface area (Å²) in [6.07, 6.45) is 2.41. The number of nitrogens with two attached hydrogens (primary N) is 1. The maximum absolute atomic E-state index is 5.84. The number of hydrogen-bond acceptors (Lipinski definition) is 3. The highest BCUT2D eigenvalue weighted by atomic mass is 16.5. The lowest BCUT2D eigenvalue weighted by molar-refractivity contribution is 0.322. The third-order valence-corrected chi connectivity index (χ3v) is 4.00. The van der Waals surface area contributed by atoms with Crippen LogP contribution in [-0.2, 0) is 13.0 Å². The molecule has 0 bridgehead atoms. The van der Waals surface area contributed by atoms with E-state index in [0.29, 0.717) is 13.2 Å². The predicted octanol–water partition coefficient (Wildman–Crippen LogP) is 2.98. The quantitative estimate of drug-likeness (QED) is 0.916. The van der Waals surface area contributed by atoms with Gasteiger partial charge in [-0.15, -0.1) is 0 Å². The zero-order valence-electron chi connectivity index (χ0n) is 12.3. The van der Waals surface area contributed by atoms with Crippen molar-refractivity contribution in [2.24, 2.45) is 5.73 Å².